The number of ether oxygens (including phenoxy) is 3. The van der Waals surface area contributed by atoms with Crippen molar-refractivity contribution in [3.05, 3.63) is 29.3 Å². The first-order chi connectivity index (χ1) is 32.5. The highest BCUT2D eigenvalue weighted by atomic mass is 33.1. The number of likely N-dealkylation sites (N-methyl/N-ethyl adjacent to an activating group) is 1. The molecule has 0 amide bonds. The van der Waals surface area contributed by atoms with Crippen LogP contribution in [0.5, 0.6) is 5.75 Å². The minimum absolute atomic E-state index is 0.0347. The molecule has 0 aromatic heterocycles. The van der Waals surface area contributed by atoms with Gasteiger partial charge in [-0.25, -0.2) is 4.67 Å². The molecule has 3 aliphatic rings. The van der Waals surface area contributed by atoms with E-state index in [1.807, 2.05) is 21.6 Å². The lowest BCUT2D eigenvalue weighted by atomic mass is 9.55. The minimum Gasteiger partial charge on any atom is -0.494 e. The second-order valence-corrected chi connectivity index (χ2v) is 26.0. The van der Waals surface area contributed by atoms with E-state index in [1.54, 1.807) is 11.9 Å². The lowest BCUT2D eigenvalue weighted by molar-refractivity contribution is -0.383. The Morgan fingerprint density at radius 2 is 1.57 bits per heavy atom. The van der Waals surface area contributed by atoms with Gasteiger partial charge in [0.1, 0.15) is 5.75 Å². The molecule has 0 heterocycles. The summed E-state index contributed by atoms with van der Waals surface area (Å²) in [5.41, 5.74) is -1.25. The van der Waals surface area contributed by atoms with Crippen molar-refractivity contribution in [1.82, 2.24) is 9.57 Å². The van der Waals surface area contributed by atoms with Gasteiger partial charge in [-0.05, 0) is 165 Å². The van der Waals surface area contributed by atoms with Crippen molar-refractivity contribution < 1.29 is 49.6 Å². The lowest BCUT2D eigenvalue weighted by Gasteiger charge is -2.50. The number of alkyl halides is 6. The number of nitriles is 1. The molecule has 398 valence electrons. The molecule has 2 fully saturated rings. The fourth-order valence-corrected chi connectivity index (χ4v) is 15.4. The van der Waals surface area contributed by atoms with Gasteiger partial charge in [-0.1, -0.05) is 74.1 Å². The summed E-state index contributed by atoms with van der Waals surface area (Å²) in [5, 5.41) is 8.97. The molecule has 0 aliphatic heterocycles. The van der Waals surface area contributed by atoms with Gasteiger partial charge in [-0.15, -0.1) is 0 Å². The number of hydrogen-bond donors (Lipinski definition) is 0. The van der Waals surface area contributed by atoms with Crippen molar-refractivity contribution >= 4 is 30.1 Å². The highest BCUT2D eigenvalue weighted by Crippen LogP contribution is 2.62. The van der Waals surface area contributed by atoms with Gasteiger partial charge in [0.05, 0.1) is 51.6 Å². The Balaban J connectivity index is 1.11. The zero-order valence-corrected chi connectivity index (χ0v) is 46.0. The number of unbranched alkanes of at least 4 members (excludes halogenated alkanes) is 3. The maximum absolute atomic E-state index is 13.6. The number of benzene rings is 1. The third-order valence-corrected chi connectivity index (χ3v) is 20.3. The Labute approximate surface area is 421 Å². The van der Waals surface area contributed by atoms with Crippen molar-refractivity contribution in [2.24, 2.45) is 23.2 Å². The molecule has 7 atom stereocenters. The van der Waals surface area contributed by atoms with Gasteiger partial charge in [0.2, 0.25) is 0 Å². The van der Waals surface area contributed by atoms with Gasteiger partial charge in [-0.3, -0.25) is 0 Å². The van der Waals surface area contributed by atoms with Gasteiger partial charge in [0.25, 0.3) is 14.1 Å². The summed E-state index contributed by atoms with van der Waals surface area (Å²) in [6.45, 7) is 20.9. The molecular weight excluding hydrogens is 956 g/mol. The van der Waals surface area contributed by atoms with Gasteiger partial charge < -0.3 is 28.2 Å². The monoisotopic (exact) mass is 1040 g/mol. The number of nitrogens with zero attached hydrogens (tertiary/aromatic N) is 3. The molecule has 17 heteroatoms. The number of halogens is 6. The Morgan fingerprint density at radius 1 is 0.870 bits per heavy atom. The average Bonchev–Trinajstić information content (AvgIpc) is 3.60. The molecule has 0 N–H and O–H groups in total. The third-order valence-electron chi connectivity index (χ3n) is 14.8. The van der Waals surface area contributed by atoms with E-state index in [2.05, 4.69) is 89.1 Å². The average molecular weight is 1040 g/mol. The van der Waals surface area contributed by atoms with Gasteiger partial charge in [0.15, 0.2) is 0 Å². The molecule has 69 heavy (non-hydrogen) atoms. The van der Waals surface area contributed by atoms with Crippen LogP contribution in [0.25, 0.3) is 0 Å². The summed E-state index contributed by atoms with van der Waals surface area (Å²) in [6, 6.07) is 9.52. The number of fused-ring (bicyclic) bond motifs is 5. The normalized spacial score (nSPS) is 23.1. The summed E-state index contributed by atoms with van der Waals surface area (Å²) >= 11 is 0. The standard InChI is InChI=1S/C52H86F6N3O5PS2/c1-11-25-50(51(53,54)55,52(56,57)58)64-34-30-60(10)29-33-63-47-23-22-46-45-20-18-41-36-42(19-21-43(41)44(45)24-26-49(46,47)9)62-32-27-48(7,8)69-68-35-15-13-12-14-17-40(6)37-66-67(65-31-16-28-59)61(38(2)3)39(4)5/h19,21,36,38-40,44-47H,11-18,20,22-27,29-35,37H2,1-10H3. The molecule has 1 aromatic carbocycles. The smallest absolute Gasteiger partial charge is 0.426 e. The number of aryl methyl sites for hydroxylation is 1. The van der Waals surface area contributed by atoms with E-state index in [1.165, 1.54) is 43.7 Å². The first kappa shape index (κ1) is 60.5. The van der Waals surface area contributed by atoms with Crippen LogP contribution in [-0.2, 0) is 24.9 Å². The second-order valence-electron chi connectivity index (χ2n) is 21.4. The highest BCUT2D eigenvalue weighted by molar-refractivity contribution is 8.77. The zero-order valence-electron chi connectivity index (χ0n) is 43.5. The first-order valence-corrected chi connectivity index (χ1v) is 29.3. The van der Waals surface area contributed by atoms with Crippen LogP contribution in [0.3, 0.4) is 0 Å². The summed E-state index contributed by atoms with van der Waals surface area (Å²) in [5.74, 6) is 4.19. The van der Waals surface area contributed by atoms with Crippen LogP contribution >= 0.6 is 30.1 Å². The van der Waals surface area contributed by atoms with Crippen LogP contribution < -0.4 is 4.74 Å². The maximum Gasteiger partial charge on any atom is 0.426 e. The summed E-state index contributed by atoms with van der Waals surface area (Å²) in [7, 11) is 4.43. The first-order valence-electron chi connectivity index (χ1n) is 25.8. The minimum atomic E-state index is -5.56. The molecular formula is C52H86F6N3O5PS2. The Morgan fingerprint density at radius 3 is 2.23 bits per heavy atom. The molecule has 7 unspecified atom stereocenters. The Bertz CT molecular complexity index is 1680. The fraction of sp³-hybridized carbons (Fsp3) is 0.865. The predicted molar refractivity (Wildman–Crippen MR) is 272 cm³/mol. The SMILES string of the molecule is CCCC(OCCN(C)CCOC1CCC2C3CCc4cc(OCCC(C)(C)SSCCCCCCC(C)COP(OCCC#N)N(C(C)C)C(C)C)ccc4C3CCC12C)(C(F)(F)F)C(F)(F)F. The van der Waals surface area contributed by atoms with Crippen LogP contribution in [0.2, 0.25) is 0 Å². The quantitative estimate of drug-likeness (QED) is 0.0301. The van der Waals surface area contributed by atoms with Crippen molar-refractivity contribution in [2.75, 3.05) is 58.9 Å². The highest BCUT2D eigenvalue weighted by Gasteiger charge is 2.71. The molecule has 3 aliphatic carbocycles. The number of hydrogen-bond acceptors (Lipinski definition) is 10. The van der Waals surface area contributed by atoms with Crippen molar-refractivity contribution in [3.63, 3.8) is 0 Å². The van der Waals surface area contributed by atoms with Crippen LogP contribution in [0.15, 0.2) is 18.2 Å². The molecule has 8 nitrogen and oxygen atoms in total. The van der Waals surface area contributed by atoms with E-state index >= 15 is 0 Å². The molecule has 2 saturated carbocycles. The van der Waals surface area contributed by atoms with Crippen LogP contribution in [-0.4, -0.2) is 109 Å². The predicted octanol–water partition coefficient (Wildman–Crippen LogP) is 15.3. The molecule has 1 aromatic rings. The van der Waals surface area contributed by atoms with Gasteiger partial charge in [-0.2, -0.15) is 31.6 Å². The largest absolute Gasteiger partial charge is 0.494 e. The summed E-state index contributed by atoms with van der Waals surface area (Å²) in [6.07, 6.45) is 1.21. The van der Waals surface area contributed by atoms with E-state index in [4.69, 9.17) is 23.8 Å². The Hall–Kier alpha value is -1.02. The van der Waals surface area contributed by atoms with Crippen LogP contribution in [0, 0.1) is 34.5 Å². The van der Waals surface area contributed by atoms with Crippen LogP contribution in [0.4, 0.5) is 26.3 Å². The Kier molecular flexibility index (Phi) is 24.6. The van der Waals surface area contributed by atoms with Crippen molar-refractivity contribution in [1.29, 1.82) is 5.26 Å². The van der Waals surface area contributed by atoms with E-state index in [0.717, 1.165) is 62.9 Å². The summed E-state index contributed by atoms with van der Waals surface area (Å²) < 4.78 is 114. The topological polar surface area (TPSA) is 76.4 Å². The lowest BCUT2D eigenvalue weighted by Crippen LogP contribution is -2.59. The van der Waals surface area contributed by atoms with Crippen molar-refractivity contribution in [2.45, 2.75) is 205 Å². The second kappa shape index (κ2) is 28.0. The van der Waals surface area contributed by atoms with Gasteiger partial charge >= 0.3 is 12.4 Å². The fourth-order valence-electron chi connectivity index (χ4n) is 11.0. The maximum atomic E-state index is 13.6. The van der Waals surface area contributed by atoms with E-state index in [0.29, 0.717) is 75.1 Å². The molecule has 0 bridgehead atoms. The van der Waals surface area contributed by atoms with E-state index in [-0.39, 0.29) is 29.2 Å². The molecule has 0 spiro atoms. The summed E-state index contributed by atoms with van der Waals surface area (Å²) in [4.78, 5) is 1.68. The number of rotatable bonds is 32. The van der Waals surface area contributed by atoms with Crippen molar-refractivity contribution in [3.8, 4) is 11.8 Å². The van der Waals surface area contributed by atoms with E-state index in [9.17, 15) is 26.3 Å². The zero-order chi connectivity index (χ0) is 51.0. The van der Waals surface area contributed by atoms with E-state index < -0.39 is 39.5 Å². The van der Waals surface area contributed by atoms with Crippen LogP contribution in [0.1, 0.15) is 169 Å². The van der Waals surface area contributed by atoms with Gasteiger partial charge in [0, 0.05) is 35.7 Å². The molecule has 0 radical (unpaired) electrons. The third kappa shape index (κ3) is 17.3. The molecule has 4 rings (SSSR count). The molecule has 0 saturated heterocycles.